The summed E-state index contributed by atoms with van der Waals surface area (Å²) < 4.78 is 1.80. The number of fused-ring (bicyclic) bond motifs is 1. The summed E-state index contributed by atoms with van der Waals surface area (Å²) in [5.41, 5.74) is 0.997. The molecule has 0 aliphatic carbocycles. The summed E-state index contributed by atoms with van der Waals surface area (Å²) in [6, 6.07) is 5.56. The van der Waals surface area contributed by atoms with Crippen LogP contribution >= 0.6 is 11.6 Å². The van der Waals surface area contributed by atoms with E-state index in [0.29, 0.717) is 23.0 Å². The van der Waals surface area contributed by atoms with Crippen molar-refractivity contribution < 1.29 is 9.59 Å². The second kappa shape index (κ2) is 7.70. The molecule has 0 aromatic carbocycles. The zero-order valence-corrected chi connectivity index (χ0v) is 15.7. The number of rotatable bonds is 5. The van der Waals surface area contributed by atoms with Gasteiger partial charge in [0.15, 0.2) is 5.15 Å². The number of nitrogens with zero attached hydrogens (tertiary/aromatic N) is 3. The number of amides is 2. The topological polar surface area (TPSA) is 66.7 Å². The summed E-state index contributed by atoms with van der Waals surface area (Å²) in [6.45, 7) is 7.97. The van der Waals surface area contributed by atoms with E-state index in [0.717, 1.165) is 0 Å². The third kappa shape index (κ3) is 5.06. The molecule has 134 valence electrons. The number of carbonyl (C=O) groups is 2. The Kier molecular flexibility index (Phi) is 5.85. The molecule has 2 aromatic rings. The Morgan fingerprint density at radius 2 is 2.08 bits per heavy atom. The van der Waals surface area contributed by atoms with Crippen LogP contribution in [0.1, 0.15) is 33.4 Å². The summed E-state index contributed by atoms with van der Waals surface area (Å²) >= 11 is 6.15. The molecule has 0 atom stereocenters. The van der Waals surface area contributed by atoms with Crippen molar-refractivity contribution >= 4 is 35.1 Å². The number of hydrogen-bond acceptors (Lipinski definition) is 3. The molecule has 2 rings (SSSR count). The number of imidazole rings is 1. The van der Waals surface area contributed by atoms with Gasteiger partial charge >= 0.3 is 0 Å². The van der Waals surface area contributed by atoms with Gasteiger partial charge < -0.3 is 10.2 Å². The van der Waals surface area contributed by atoms with Gasteiger partial charge in [0.25, 0.3) is 0 Å². The van der Waals surface area contributed by atoms with Crippen LogP contribution in [0.15, 0.2) is 30.5 Å². The van der Waals surface area contributed by atoms with Crippen molar-refractivity contribution in [2.75, 3.05) is 13.1 Å². The van der Waals surface area contributed by atoms with Crippen molar-refractivity contribution in [1.82, 2.24) is 19.6 Å². The van der Waals surface area contributed by atoms with Crippen LogP contribution in [-0.4, -0.2) is 44.7 Å². The normalized spacial score (nSPS) is 11.9. The average Bonchev–Trinajstić information content (AvgIpc) is 2.84. The number of carbonyl (C=O) groups excluding carboxylic acids is 2. The summed E-state index contributed by atoms with van der Waals surface area (Å²) in [7, 11) is 0. The van der Waals surface area contributed by atoms with E-state index in [9.17, 15) is 9.59 Å². The van der Waals surface area contributed by atoms with E-state index >= 15 is 0 Å². The number of aromatic nitrogens is 2. The maximum absolute atomic E-state index is 12.4. The number of nitrogens with one attached hydrogen (secondary N) is 1. The molecule has 1 N–H and O–H groups in total. The summed E-state index contributed by atoms with van der Waals surface area (Å²) in [6.07, 6.45) is 4.86. The second-order valence-corrected chi connectivity index (χ2v) is 7.06. The van der Waals surface area contributed by atoms with Crippen LogP contribution in [0.5, 0.6) is 0 Å². The van der Waals surface area contributed by atoms with Gasteiger partial charge in [0, 0.05) is 24.4 Å². The lowest BCUT2D eigenvalue weighted by Crippen LogP contribution is -2.47. The van der Waals surface area contributed by atoms with Gasteiger partial charge in [-0.2, -0.15) is 0 Å². The van der Waals surface area contributed by atoms with Gasteiger partial charge in [-0.25, -0.2) is 4.98 Å². The Morgan fingerprint density at radius 3 is 2.72 bits per heavy atom. The van der Waals surface area contributed by atoms with Crippen LogP contribution in [0.4, 0.5) is 0 Å². The van der Waals surface area contributed by atoms with Crippen molar-refractivity contribution in [2.45, 2.75) is 33.2 Å². The first-order chi connectivity index (χ1) is 11.7. The molecule has 0 radical (unpaired) electrons. The van der Waals surface area contributed by atoms with Gasteiger partial charge in [0.2, 0.25) is 11.8 Å². The molecule has 6 nitrogen and oxygen atoms in total. The lowest BCUT2D eigenvalue weighted by Gasteiger charge is -2.24. The number of halogens is 1. The molecule has 2 heterocycles. The van der Waals surface area contributed by atoms with Crippen LogP contribution in [0.2, 0.25) is 5.15 Å². The molecular weight excluding hydrogens is 340 g/mol. The summed E-state index contributed by atoms with van der Waals surface area (Å²) in [5.74, 6) is -0.447. The fraction of sp³-hybridized carbons (Fsp3) is 0.389. The molecular formula is C18H23ClN4O2. The van der Waals surface area contributed by atoms with E-state index in [2.05, 4.69) is 10.3 Å². The van der Waals surface area contributed by atoms with E-state index in [1.807, 2.05) is 52.1 Å². The van der Waals surface area contributed by atoms with Gasteiger partial charge in [-0.15, -0.1) is 0 Å². The SMILES string of the molecule is CCN(CC(=O)NC(C)(C)C)C(=O)/C=C/c1c(Cl)nc2ccccn12. The maximum atomic E-state index is 12.4. The van der Waals surface area contributed by atoms with Gasteiger partial charge in [0.05, 0.1) is 12.2 Å². The molecule has 7 heteroatoms. The van der Waals surface area contributed by atoms with Gasteiger partial charge in [0.1, 0.15) is 5.65 Å². The van der Waals surface area contributed by atoms with E-state index < -0.39 is 0 Å². The second-order valence-electron chi connectivity index (χ2n) is 6.70. The molecule has 0 bridgehead atoms. The highest BCUT2D eigenvalue weighted by Gasteiger charge is 2.18. The lowest BCUT2D eigenvalue weighted by atomic mass is 10.1. The van der Waals surface area contributed by atoms with Crippen LogP contribution in [0, 0.1) is 0 Å². The van der Waals surface area contributed by atoms with E-state index in [1.54, 1.807) is 10.5 Å². The molecule has 25 heavy (non-hydrogen) atoms. The van der Waals surface area contributed by atoms with E-state index in [-0.39, 0.29) is 23.9 Å². The third-order valence-corrected chi connectivity index (χ3v) is 3.73. The molecule has 2 aromatic heterocycles. The predicted octanol–water partition coefficient (Wildman–Crippen LogP) is 2.76. The molecule has 0 unspecified atom stereocenters. The van der Waals surface area contributed by atoms with Crippen molar-refractivity contribution in [3.63, 3.8) is 0 Å². The lowest BCUT2D eigenvalue weighted by molar-refractivity contribution is -0.132. The Bertz CT molecular complexity index is 805. The van der Waals surface area contributed by atoms with Gasteiger partial charge in [-0.05, 0) is 45.9 Å². The zero-order valence-electron chi connectivity index (χ0n) is 14.9. The fourth-order valence-corrected chi connectivity index (χ4v) is 2.61. The summed E-state index contributed by atoms with van der Waals surface area (Å²) in [4.78, 5) is 30.1. The average molecular weight is 363 g/mol. The minimum Gasteiger partial charge on any atom is -0.350 e. The van der Waals surface area contributed by atoms with E-state index in [1.165, 1.54) is 11.0 Å². The van der Waals surface area contributed by atoms with Crippen molar-refractivity contribution in [1.29, 1.82) is 0 Å². The van der Waals surface area contributed by atoms with Gasteiger partial charge in [-0.1, -0.05) is 17.7 Å². The van der Waals surface area contributed by atoms with Crippen LogP contribution < -0.4 is 5.32 Å². The van der Waals surface area contributed by atoms with Gasteiger partial charge in [-0.3, -0.25) is 14.0 Å². The van der Waals surface area contributed by atoms with Crippen molar-refractivity contribution in [2.24, 2.45) is 0 Å². The monoisotopic (exact) mass is 362 g/mol. The molecule has 0 aliphatic rings. The van der Waals surface area contributed by atoms with Crippen LogP contribution in [0.25, 0.3) is 11.7 Å². The third-order valence-electron chi connectivity index (χ3n) is 3.45. The highest BCUT2D eigenvalue weighted by molar-refractivity contribution is 6.31. The van der Waals surface area contributed by atoms with Crippen molar-refractivity contribution in [3.05, 3.63) is 41.3 Å². The Morgan fingerprint density at radius 1 is 1.36 bits per heavy atom. The Balaban J connectivity index is 2.12. The minimum absolute atomic E-state index is 0.0117. The molecule has 0 saturated carbocycles. The quantitative estimate of drug-likeness (QED) is 0.832. The standard InChI is InChI=1S/C18H23ClN4O2/c1-5-22(12-15(24)21-18(2,3)4)16(25)10-9-13-17(19)20-14-8-6-7-11-23(13)14/h6-11H,5,12H2,1-4H3,(H,21,24)/b10-9+. The maximum Gasteiger partial charge on any atom is 0.247 e. The number of hydrogen-bond donors (Lipinski definition) is 1. The first-order valence-electron chi connectivity index (χ1n) is 8.12. The largest absolute Gasteiger partial charge is 0.350 e. The van der Waals surface area contributed by atoms with Crippen LogP contribution in [0.3, 0.4) is 0 Å². The first-order valence-corrected chi connectivity index (χ1v) is 8.49. The fourth-order valence-electron chi connectivity index (χ4n) is 2.37. The zero-order chi connectivity index (χ0) is 18.6. The molecule has 0 spiro atoms. The minimum atomic E-state index is -0.334. The molecule has 2 amide bonds. The predicted molar refractivity (Wildman–Crippen MR) is 99.4 cm³/mol. The highest BCUT2D eigenvalue weighted by Crippen LogP contribution is 2.19. The molecule has 0 fully saturated rings. The summed E-state index contributed by atoms with van der Waals surface area (Å²) in [5, 5.41) is 3.17. The molecule has 0 aliphatic heterocycles. The first kappa shape index (κ1) is 19.0. The van der Waals surface area contributed by atoms with Crippen molar-refractivity contribution in [3.8, 4) is 0 Å². The molecule has 0 saturated heterocycles. The Hall–Kier alpha value is -2.34. The van der Waals surface area contributed by atoms with Crippen LogP contribution in [-0.2, 0) is 9.59 Å². The number of pyridine rings is 1. The smallest absolute Gasteiger partial charge is 0.247 e. The number of likely N-dealkylation sites (N-methyl/N-ethyl adjacent to an activating group) is 1. The Labute approximate surface area is 152 Å². The van der Waals surface area contributed by atoms with E-state index in [4.69, 9.17) is 11.6 Å². The highest BCUT2D eigenvalue weighted by atomic mass is 35.5.